The average molecular weight is 393 g/mol. The molecule has 0 heterocycles. The van der Waals surface area contributed by atoms with Crippen LogP contribution in [0.4, 0.5) is 16.2 Å². The molecule has 2 aromatic rings. The highest BCUT2D eigenvalue weighted by Crippen LogP contribution is 2.25. The summed E-state index contributed by atoms with van der Waals surface area (Å²) in [6.45, 7) is 0.953. The highest BCUT2D eigenvalue weighted by Gasteiger charge is 2.37. The maximum absolute atomic E-state index is 12.6. The van der Waals surface area contributed by atoms with E-state index in [1.165, 1.54) is 29.7 Å². The van der Waals surface area contributed by atoms with Gasteiger partial charge in [0.05, 0.1) is 16.3 Å². The number of sulfone groups is 1. The van der Waals surface area contributed by atoms with Crippen molar-refractivity contribution in [1.29, 1.82) is 0 Å². The molecule has 0 aliphatic heterocycles. The Morgan fingerprint density at radius 2 is 1.59 bits per heavy atom. The molecule has 0 aromatic heterocycles. The summed E-state index contributed by atoms with van der Waals surface area (Å²) in [6, 6.07) is 13.5. The number of hydrogen-bond donors (Lipinski definition) is 5. The summed E-state index contributed by atoms with van der Waals surface area (Å²) in [4.78, 5) is 23.3. The standard InChI is InChI=1S/C17H19N3O6S/c1-17(23,15(21)20-24)11-27(25,26)14-10-6-5-9-13(14)19-16(22)18-12-7-3-2-4-8-12/h2-10,23-24H,11H2,1H3,(H,20,21)(H2,18,19,22). The summed E-state index contributed by atoms with van der Waals surface area (Å²) in [5.74, 6) is -2.26. The molecule has 27 heavy (non-hydrogen) atoms. The number of hydroxylamine groups is 1. The lowest BCUT2D eigenvalue weighted by atomic mass is 10.1. The van der Waals surface area contributed by atoms with Crippen LogP contribution >= 0.6 is 0 Å². The van der Waals surface area contributed by atoms with Gasteiger partial charge in [-0.2, -0.15) is 0 Å². The van der Waals surface area contributed by atoms with Gasteiger partial charge in [0, 0.05) is 5.69 Å². The summed E-state index contributed by atoms with van der Waals surface area (Å²) >= 11 is 0. The van der Waals surface area contributed by atoms with Gasteiger partial charge in [-0.1, -0.05) is 30.3 Å². The number of nitrogens with one attached hydrogen (secondary N) is 3. The third-order valence-corrected chi connectivity index (χ3v) is 5.53. The number of aliphatic hydroxyl groups is 1. The van der Waals surface area contributed by atoms with Crippen LogP contribution in [0.1, 0.15) is 6.92 Å². The monoisotopic (exact) mass is 393 g/mol. The molecule has 1 unspecified atom stereocenters. The molecular weight excluding hydrogens is 374 g/mol. The minimum atomic E-state index is -4.19. The van der Waals surface area contributed by atoms with Gasteiger partial charge in [0.2, 0.25) is 0 Å². The van der Waals surface area contributed by atoms with E-state index in [1.54, 1.807) is 30.3 Å². The molecule has 0 saturated carbocycles. The van der Waals surface area contributed by atoms with E-state index in [-0.39, 0.29) is 10.6 Å². The Kier molecular flexibility index (Phi) is 6.16. The van der Waals surface area contributed by atoms with Crippen molar-refractivity contribution in [2.24, 2.45) is 0 Å². The predicted octanol–water partition coefficient (Wildman–Crippen LogP) is 1.36. The van der Waals surface area contributed by atoms with Gasteiger partial charge in [0.1, 0.15) is 0 Å². The summed E-state index contributed by atoms with van der Waals surface area (Å²) in [6.07, 6.45) is 0. The normalized spacial score (nSPS) is 13.3. The van der Waals surface area contributed by atoms with E-state index in [0.717, 1.165) is 6.92 Å². The number of carbonyl (C=O) groups excluding carboxylic acids is 2. The van der Waals surface area contributed by atoms with Crippen molar-refractivity contribution < 1.29 is 28.3 Å². The minimum Gasteiger partial charge on any atom is -0.379 e. The molecule has 0 aliphatic carbocycles. The second-order valence-electron chi connectivity index (χ2n) is 5.92. The number of hydrogen-bond acceptors (Lipinski definition) is 6. The Balaban J connectivity index is 2.24. The Morgan fingerprint density at radius 1 is 1.00 bits per heavy atom. The van der Waals surface area contributed by atoms with Crippen LogP contribution in [0.2, 0.25) is 0 Å². The van der Waals surface area contributed by atoms with E-state index in [2.05, 4.69) is 10.6 Å². The molecule has 2 aromatic carbocycles. The lowest BCUT2D eigenvalue weighted by molar-refractivity contribution is -0.144. The van der Waals surface area contributed by atoms with Crippen molar-refractivity contribution in [2.45, 2.75) is 17.4 Å². The van der Waals surface area contributed by atoms with E-state index < -0.39 is 33.1 Å². The van der Waals surface area contributed by atoms with Crippen LogP contribution in [0.5, 0.6) is 0 Å². The fourth-order valence-electron chi connectivity index (χ4n) is 2.28. The third-order valence-electron chi connectivity index (χ3n) is 3.56. The molecule has 5 N–H and O–H groups in total. The molecule has 1 atom stereocenters. The largest absolute Gasteiger partial charge is 0.379 e. The Hall–Kier alpha value is -2.95. The van der Waals surface area contributed by atoms with Crippen molar-refractivity contribution in [2.75, 3.05) is 16.4 Å². The predicted molar refractivity (Wildman–Crippen MR) is 98.1 cm³/mol. The van der Waals surface area contributed by atoms with Gasteiger partial charge in [-0.05, 0) is 31.2 Å². The zero-order valence-electron chi connectivity index (χ0n) is 14.3. The van der Waals surface area contributed by atoms with E-state index >= 15 is 0 Å². The molecular formula is C17H19N3O6S. The zero-order valence-corrected chi connectivity index (χ0v) is 15.2. The Morgan fingerprint density at radius 3 is 2.22 bits per heavy atom. The van der Waals surface area contributed by atoms with Crippen LogP contribution in [0.3, 0.4) is 0 Å². The number of anilines is 2. The van der Waals surface area contributed by atoms with E-state index in [1.807, 2.05) is 0 Å². The minimum absolute atomic E-state index is 0.0221. The quantitative estimate of drug-likeness (QED) is 0.370. The van der Waals surface area contributed by atoms with Crippen molar-refractivity contribution in [1.82, 2.24) is 5.48 Å². The Bertz CT molecular complexity index is 929. The lowest BCUT2D eigenvalue weighted by Gasteiger charge is -2.21. The number of amides is 3. The van der Waals surface area contributed by atoms with Crippen LogP contribution in [0.25, 0.3) is 0 Å². The first-order valence-corrected chi connectivity index (χ1v) is 9.43. The van der Waals surface area contributed by atoms with Gasteiger partial charge in [-0.15, -0.1) is 0 Å². The average Bonchev–Trinajstić information content (AvgIpc) is 2.61. The summed E-state index contributed by atoms with van der Waals surface area (Å²) < 4.78 is 25.3. The van der Waals surface area contributed by atoms with Crippen LogP contribution in [-0.2, 0) is 14.6 Å². The molecule has 144 valence electrons. The number of carbonyl (C=O) groups is 2. The number of rotatable bonds is 6. The second kappa shape index (κ2) is 8.16. The smallest absolute Gasteiger partial charge is 0.323 e. The van der Waals surface area contributed by atoms with E-state index in [9.17, 15) is 23.1 Å². The fourth-order valence-corrected chi connectivity index (χ4v) is 4.05. The van der Waals surface area contributed by atoms with Crippen LogP contribution in [0.15, 0.2) is 59.5 Å². The molecule has 9 nitrogen and oxygen atoms in total. The van der Waals surface area contributed by atoms with Crippen molar-refractivity contribution >= 4 is 33.2 Å². The number of benzene rings is 2. The van der Waals surface area contributed by atoms with Crippen molar-refractivity contribution in [3.05, 3.63) is 54.6 Å². The maximum Gasteiger partial charge on any atom is 0.323 e. The molecule has 10 heteroatoms. The molecule has 0 fully saturated rings. The topological polar surface area (TPSA) is 145 Å². The molecule has 0 saturated heterocycles. The van der Waals surface area contributed by atoms with Gasteiger partial charge in [0.25, 0.3) is 5.91 Å². The first-order valence-electron chi connectivity index (χ1n) is 7.77. The van der Waals surface area contributed by atoms with E-state index in [4.69, 9.17) is 5.21 Å². The molecule has 2 rings (SSSR count). The highest BCUT2D eigenvalue weighted by molar-refractivity contribution is 7.91. The fraction of sp³-hybridized carbons (Fsp3) is 0.176. The highest BCUT2D eigenvalue weighted by atomic mass is 32.2. The summed E-state index contributed by atoms with van der Waals surface area (Å²) in [5, 5.41) is 23.6. The molecule has 0 spiro atoms. The summed E-state index contributed by atoms with van der Waals surface area (Å²) in [7, 11) is -4.19. The third kappa shape index (κ3) is 5.26. The van der Waals surface area contributed by atoms with Crippen molar-refractivity contribution in [3.8, 4) is 0 Å². The van der Waals surface area contributed by atoms with Gasteiger partial charge in [-0.3, -0.25) is 10.0 Å². The van der Waals surface area contributed by atoms with Gasteiger partial charge >= 0.3 is 6.03 Å². The summed E-state index contributed by atoms with van der Waals surface area (Å²) in [5.41, 5.74) is -0.658. The lowest BCUT2D eigenvalue weighted by Crippen LogP contribution is -2.48. The number of urea groups is 1. The molecule has 0 bridgehead atoms. The second-order valence-corrected chi connectivity index (χ2v) is 7.87. The maximum atomic E-state index is 12.6. The SMILES string of the molecule is CC(O)(CS(=O)(=O)c1ccccc1NC(=O)Nc1ccccc1)C(=O)NO. The molecule has 0 radical (unpaired) electrons. The van der Waals surface area contributed by atoms with Gasteiger partial charge in [0.15, 0.2) is 15.4 Å². The van der Waals surface area contributed by atoms with Crippen LogP contribution < -0.4 is 16.1 Å². The first kappa shape index (κ1) is 20.4. The first-order chi connectivity index (χ1) is 12.7. The zero-order chi connectivity index (χ0) is 20.1. The van der Waals surface area contributed by atoms with E-state index in [0.29, 0.717) is 5.69 Å². The molecule has 3 amide bonds. The van der Waals surface area contributed by atoms with Crippen LogP contribution in [0, 0.1) is 0 Å². The van der Waals surface area contributed by atoms with Crippen molar-refractivity contribution in [3.63, 3.8) is 0 Å². The van der Waals surface area contributed by atoms with Gasteiger partial charge < -0.3 is 15.7 Å². The number of para-hydroxylation sites is 2. The van der Waals surface area contributed by atoms with Crippen LogP contribution in [-0.4, -0.2) is 42.0 Å². The molecule has 0 aliphatic rings. The van der Waals surface area contributed by atoms with Gasteiger partial charge in [-0.25, -0.2) is 18.7 Å². The Labute approximate surface area is 155 Å².